The Morgan fingerprint density at radius 1 is 0.562 bits per heavy atom. The summed E-state index contributed by atoms with van der Waals surface area (Å²) >= 11 is 24.1. The Bertz CT molecular complexity index is 1810. The summed E-state index contributed by atoms with van der Waals surface area (Å²) in [7, 11) is 0. The zero-order valence-corrected chi connectivity index (χ0v) is 28.6. The first kappa shape index (κ1) is 36.1. The highest BCUT2D eigenvalue weighted by molar-refractivity contribution is 6.38. The molecule has 0 atom stereocenters. The maximum Gasteiger partial charge on any atom is 0.257 e. The number of carbonyl (C=O) groups is 4. The lowest BCUT2D eigenvalue weighted by molar-refractivity contribution is -0.126. The number of nitrogens with one attached hydrogen (secondary N) is 4. The van der Waals surface area contributed by atoms with Crippen molar-refractivity contribution >= 4 is 92.8 Å². The highest BCUT2D eigenvalue weighted by Crippen LogP contribution is 2.24. The number of hydrogen-bond acceptors (Lipinski definition) is 6. The van der Waals surface area contributed by atoms with Crippen molar-refractivity contribution in [1.29, 1.82) is 0 Å². The number of anilines is 2. The van der Waals surface area contributed by atoms with Crippen LogP contribution < -0.4 is 21.5 Å². The number of halogens is 4. The van der Waals surface area contributed by atoms with Crippen LogP contribution in [0.5, 0.6) is 0 Å². The van der Waals surface area contributed by atoms with Gasteiger partial charge in [0.2, 0.25) is 11.8 Å². The second-order valence-corrected chi connectivity index (χ2v) is 12.0. The predicted molar refractivity (Wildman–Crippen MR) is 192 cm³/mol. The van der Waals surface area contributed by atoms with Gasteiger partial charge in [0.15, 0.2) is 0 Å². The molecule has 246 valence electrons. The van der Waals surface area contributed by atoms with Gasteiger partial charge in [-0.15, -0.1) is 0 Å². The molecule has 4 aromatic carbocycles. The first-order valence-electron chi connectivity index (χ1n) is 14.3. The molecule has 0 saturated carbocycles. The third kappa shape index (κ3) is 10.4. The van der Waals surface area contributed by atoms with Gasteiger partial charge in [-0.3, -0.25) is 19.2 Å². The summed E-state index contributed by atoms with van der Waals surface area (Å²) < 4.78 is 0. The van der Waals surface area contributed by atoms with Crippen molar-refractivity contribution < 1.29 is 19.2 Å². The Labute approximate surface area is 296 Å². The summed E-state index contributed by atoms with van der Waals surface area (Å²) in [6, 6.07) is 23.0. The van der Waals surface area contributed by atoms with Crippen molar-refractivity contribution in [3.8, 4) is 0 Å². The van der Waals surface area contributed by atoms with E-state index in [1.54, 1.807) is 74.5 Å². The van der Waals surface area contributed by atoms with Gasteiger partial charge in [0.05, 0.1) is 32.6 Å². The van der Waals surface area contributed by atoms with Gasteiger partial charge >= 0.3 is 0 Å². The molecule has 0 aliphatic carbocycles. The van der Waals surface area contributed by atoms with E-state index in [1.165, 1.54) is 24.3 Å². The smallest absolute Gasteiger partial charge is 0.257 e. The summed E-state index contributed by atoms with van der Waals surface area (Å²) in [4.78, 5) is 50.0. The highest BCUT2D eigenvalue weighted by atomic mass is 35.5. The van der Waals surface area contributed by atoms with E-state index in [9.17, 15) is 19.2 Å². The molecule has 0 spiro atoms. The van der Waals surface area contributed by atoms with Crippen LogP contribution in [0.3, 0.4) is 0 Å². The summed E-state index contributed by atoms with van der Waals surface area (Å²) in [5.74, 6) is -1.77. The molecule has 4 N–H and O–H groups in total. The predicted octanol–water partition coefficient (Wildman–Crippen LogP) is 7.97. The van der Waals surface area contributed by atoms with Crippen LogP contribution in [0.15, 0.2) is 95.1 Å². The van der Waals surface area contributed by atoms with Crippen LogP contribution in [0, 0.1) is 0 Å². The molecule has 14 heteroatoms. The summed E-state index contributed by atoms with van der Waals surface area (Å²) in [6.45, 7) is 3.38. The van der Waals surface area contributed by atoms with Gasteiger partial charge in [0, 0.05) is 34.3 Å². The zero-order valence-electron chi connectivity index (χ0n) is 25.5. The topological polar surface area (TPSA) is 141 Å². The van der Waals surface area contributed by atoms with E-state index in [4.69, 9.17) is 46.4 Å². The Kier molecular flexibility index (Phi) is 12.7. The maximum absolute atomic E-state index is 12.6. The molecule has 0 aromatic heterocycles. The normalized spacial score (nSPS) is 11.5. The number of amides is 4. The number of rotatable bonds is 11. The van der Waals surface area contributed by atoms with Crippen molar-refractivity contribution in [3.05, 3.63) is 127 Å². The molecule has 0 saturated heterocycles. The van der Waals surface area contributed by atoms with Crippen molar-refractivity contribution in [1.82, 2.24) is 10.9 Å². The van der Waals surface area contributed by atoms with Crippen molar-refractivity contribution in [3.63, 3.8) is 0 Å². The van der Waals surface area contributed by atoms with Crippen LogP contribution >= 0.6 is 46.4 Å². The summed E-state index contributed by atoms with van der Waals surface area (Å²) in [5.41, 5.74) is 8.64. The van der Waals surface area contributed by atoms with Gasteiger partial charge in [-0.25, -0.2) is 10.9 Å². The molecule has 0 aliphatic heterocycles. The number of hydrazone groups is 2. The Hall–Kier alpha value is -4.74. The minimum absolute atomic E-state index is 0.135. The average molecular weight is 726 g/mol. The summed E-state index contributed by atoms with van der Waals surface area (Å²) in [6.07, 6.45) is -0.270. The quantitative estimate of drug-likeness (QED) is 0.0920. The molecule has 48 heavy (non-hydrogen) atoms. The largest absolute Gasteiger partial charge is 0.322 e. The molecular formula is C34H28Cl4N6O4. The number of hydrogen-bond donors (Lipinski definition) is 4. The Morgan fingerprint density at radius 3 is 1.33 bits per heavy atom. The van der Waals surface area contributed by atoms with E-state index >= 15 is 0 Å². The van der Waals surface area contributed by atoms with Crippen LogP contribution in [-0.2, 0) is 9.59 Å². The molecular weight excluding hydrogens is 698 g/mol. The van der Waals surface area contributed by atoms with E-state index < -0.39 is 23.6 Å². The van der Waals surface area contributed by atoms with Gasteiger partial charge in [-0.05, 0) is 85.6 Å². The van der Waals surface area contributed by atoms with Crippen molar-refractivity contribution in [2.45, 2.75) is 26.7 Å². The van der Waals surface area contributed by atoms with Crippen LogP contribution in [-0.4, -0.2) is 35.1 Å². The lowest BCUT2D eigenvalue weighted by Crippen LogP contribution is -2.24. The van der Waals surface area contributed by atoms with Crippen LogP contribution in [0.4, 0.5) is 11.4 Å². The lowest BCUT2D eigenvalue weighted by atomic mass is 10.1. The standard InChI is InChI=1S/C34H28Cl4N6O4/c1-19(21-5-3-7-25(15-21)39-33(47)27-11-9-23(35)17-29(27)37)41-43-31(45)13-14-32(46)44-42-20(2)22-6-4-8-26(16-22)40-34(48)28-12-10-24(36)18-30(28)38/h3-12,15-18H,13-14H2,1-2H3,(H,39,47)(H,40,48)(H,43,45)(H,44,46)/b41-19+,42-20+. The maximum atomic E-state index is 12.6. The van der Waals surface area contributed by atoms with E-state index in [2.05, 4.69) is 31.7 Å². The van der Waals surface area contributed by atoms with E-state index in [1.807, 2.05) is 0 Å². The fraction of sp³-hybridized carbons (Fsp3) is 0.118. The number of nitrogens with zero attached hydrogens (tertiary/aromatic N) is 2. The van der Waals surface area contributed by atoms with Crippen molar-refractivity contribution in [2.75, 3.05) is 10.6 Å². The summed E-state index contributed by atoms with van der Waals surface area (Å²) in [5, 5.41) is 15.1. The molecule has 10 nitrogen and oxygen atoms in total. The molecule has 0 aliphatic rings. The number of carbonyl (C=O) groups excluding carboxylic acids is 4. The van der Waals surface area contributed by atoms with Gasteiger partial charge < -0.3 is 10.6 Å². The van der Waals surface area contributed by atoms with E-state index in [-0.39, 0.29) is 34.0 Å². The SMILES string of the molecule is C/C(=N\NC(=O)CCC(=O)N/N=C(\C)c1cccc(NC(=O)c2ccc(Cl)cc2Cl)c1)c1cccc(NC(=O)c2ccc(Cl)cc2Cl)c1. The molecule has 4 amide bonds. The van der Waals surface area contributed by atoms with Crippen LogP contribution in [0.25, 0.3) is 0 Å². The molecule has 0 heterocycles. The van der Waals surface area contributed by atoms with E-state index in [0.29, 0.717) is 44.0 Å². The molecule has 0 fully saturated rings. The van der Waals surface area contributed by atoms with E-state index in [0.717, 1.165) is 0 Å². The first-order chi connectivity index (χ1) is 22.9. The van der Waals surface area contributed by atoms with Gasteiger partial charge in [0.1, 0.15) is 0 Å². The average Bonchev–Trinajstić information content (AvgIpc) is 3.05. The van der Waals surface area contributed by atoms with Gasteiger partial charge in [0.25, 0.3) is 11.8 Å². The van der Waals surface area contributed by atoms with Crippen molar-refractivity contribution in [2.24, 2.45) is 10.2 Å². The molecule has 0 unspecified atom stereocenters. The highest BCUT2D eigenvalue weighted by Gasteiger charge is 2.14. The minimum Gasteiger partial charge on any atom is -0.322 e. The monoisotopic (exact) mass is 724 g/mol. The van der Waals surface area contributed by atoms with Gasteiger partial charge in [-0.1, -0.05) is 70.7 Å². The van der Waals surface area contributed by atoms with Crippen LogP contribution in [0.2, 0.25) is 20.1 Å². The van der Waals surface area contributed by atoms with Gasteiger partial charge in [-0.2, -0.15) is 10.2 Å². The molecule has 0 radical (unpaired) electrons. The fourth-order valence-electron chi connectivity index (χ4n) is 4.15. The number of benzene rings is 4. The second-order valence-electron chi connectivity index (χ2n) is 10.3. The second kappa shape index (κ2) is 16.9. The first-order valence-corrected chi connectivity index (χ1v) is 15.8. The lowest BCUT2D eigenvalue weighted by Gasteiger charge is -2.09. The zero-order chi connectivity index (χ0) is 34.8. The van der Waals surface area contributed by atoms with Crippen LogP contribution in [0.1, 0.15) is 58.5 Å². The third-order valence-electron chi connectivity index (χ3n) is 6.70. The fourth-order valence-corrected chi connectivity index (χ4v) is 5.14. The molecule has 4 aromatic rings. The Morgan fingerprint density at radius 2 is 0.958 bits per heavy atom. The third-order valence-corrected chi connectivity index (χ3v) is 7.80. The molecule has 4 rings (SSSR count). The molecule has 0 bridgehead atoms. The Balaban J connectivity index is 1.25. The minimum atomic E-state index is -0.476.